The van der Waals surface area contributed by atoms with E-state index < -0.39 is 0 Å². The Morgan fingerprint density at radius 2 is 1.61 bits per heavy atom. The van der Waals surface area contributed by atoms with Crippen LogP contribution in [0.15, 0.2) is 78.9 Å². The molecule has 0 aliphatic rings. The molecule has 4 aromatic rings. The lowest BCUT2D eigenvalue weighted by Gasteiger charge is -2.12. The van der Waals surface area contributed by atoms with E-state index in [4.69, 9.17) is 4.98 Å². The molecule has 0 spiro atoms. The van der Waals surface area contributed by atoms with Gasteiger partial charge in [0.25, 0.3) is 5.91 Å². The van der Waals surface area contributed by atoms with Crippen LogP contribution in [0.5, 0.6) is 0 Å². The Morgan fingerprint density at radius 3 is 2.35 bits per heavy atom. The van der Waals surface area contributed by atoms with Crippen molar-refractivity contribution in [2.45, 2.75) is 26.7 Å². The van der Waals surface area contributed by atoms with Crippen LogP contribution in [0.2, 0.25) is 0 Å². The quantitative estimate of drug-likeness (QED) is 0.404. The Kier molecular flexibility index (Phi) is 6.27. The molecule has 1 heterocycles. The summed E-state index contributed by atoms with van der Waals surface area (Å²) in [5.41, 5.74) is 6.10. The van der Waals surface area contributed by atoms with Crippen molar-refractivity contribution >= 4 is 28.3 Å². The van der Waals surface area contributed by atoms with Gasteiger partial charge in [0.15, 0.2) is 0 Å². The summed E-state index contributed by atoms with van der Waals surface area (Å²) >= 11 is 0. The van der Waals surface area contributed by atoms with E-state index in [2.05, 4.69) is 60.9 Å². The molecule has 0 fully saturated rings. The van der Waals surface area contributed by atoms with Gasteiger partial charge in [-0.25, -0.2) is 4.98 Å². The maximum atomic E-state index is 13.0. The summed E-state index contributed by atoms with van der Waals surface area (Å²) in [6.07, 6.45) is 1.80. The van der Waals surface area contributed by atoms with Gasteiger partial charge in [0, 0.05) is 17.6 Å². The Balaban J connectivity index is 1.53. The number of carbonyl (C=O) groups is 1. The minimum Gasteiger partial charge on any atom is -0.352 e. The minimum atomic E-state index is -0.0879. The molecule has 156 valence electrons. The third-order valence-electron chi connectivity index (χ3n) is 5.42. The van der Waals surface area contributed by atoms with Crippen molar-refractivity contribution in [1.29, 1.82) is 0 Å². The zero-order valence-corrected chi connectivity index (χ0v) is 18.0. The summed E-state index contributed by atoms with van der Waals surface area (Å²) in [4.78, 5) is 17.7. The lowest BCUT2D eigenvalue weighted by Crippen LogP contribution is -2.26. The van der Waals surface area contributed by atoms with E-state index in [1.54, 1.807) is 0 Å². The van der Waals surface area contributed by atoms with Crippen LogP contribution in [-0.4, -0.2) is 17.4 Å². The Morgan fingerprint density at radius 1 is 0.903 bits per heavy atom. The molecule has 2 N–H and O–H groups in total. The van der Waals surface area contributed by atoms with Crippen molar-refractivity contribution in [3.63, 3.8) is 0 Å². The summed E-state index contributed by atoms with van der Waals surface area (Å²) in [5.74, 6) is 0.571. The molecular formula is C27H27N3O. The summed E-state index contributed by atoms with van der Waals surface area (Å²) in [7, 11) is 0. The molecule has 1 aromatic heterocycles. The number of amides is 1. The second kappa shape index (κ2) is 9.43. The monoisotopic (exact) mass is 409 g/mol. The summed E-state index contributed by atoms with van der Waals surface area (Å²) in [6, 6.07) is 26.3. The molecule has 0 atom stereocenters. The highest BCUT2D eigenvalue weighted by molar-refractivity contribution is 6.07. The molecule has 0 bridgehead atoms. The summed E-state index contributed by atoms with van der Waals surface area (Å²) in [5, 5.41) is 7.25. The number of benzene rings is 3. The normalized spacial score (nSPS) is 10.8. The lowest BCUT2D eigenvalue weighted by atomic mass is 10.1. The highest BCUT2D eigenvalue weighted by atomic mass is 16.1. The van der Waals surface area contributed by atoms with E-state index in [1.807, 2.05) is 42.5 Å². The first-order valence-electron chi connectivity index (χ1n) is 10.7. The fraction of sp³-hybridized carbons (Fsp3) is 0.185. The summed E-state index contributed by atoms with van der Waals surface area (Å²) < 4.78 is 0. The molecule has 0 aliphatic heterocycles. The Labute approximate surface area is 183 Å². The third-order valence-corrected chi connectivity index (χ3v) is 5.42. The van der Waals surface area contributed by atoms with E-state index in [9.17, 15) is 4.79 Å². The van der Waals surface area contributed by atoms with Crippen molar-refractivity contribution in [3.05, 3.63) is 101 Å². The minimum absolute atomic E-state index is 0.0879. The van der Waals surface area contributed by atoms with Crippen molar-refractivity contribution in [2.24, 2.45) is 0 Å². The van der Waals surface area contributed by atoms with Crippen molar-refractivity contribution < 1.29 is 4.79 Å². The van der Waals surface area contributed by atoms with Crippen LogP contribution in [0.25, 0.3) is 10.9 Å². The fourth-order valence-electron chi connectivity index (χ4n) is 3.57. The number of aromatic nitrogens is 1. The van der Waals surface area contributed by atoms with Crippen LogP contribution in [0, 0.1) is 6.92 Å². The van der Waals surface area contributed by atoms with Crippen molar-refractivity contribution in [2.75, 3.05) is 11.9 Å². The second-order valence-corrected chi connectivity index (χ2v) is 7.74. The van der Waals surface area contributed by atoms with Gasteiger partial charge in [0.05, 0.1) is 11.1 Å². The number of fused-ring (bicyclic) bond motifs is 1. The fourth-order valence-corrected chi connectivity index (χ4v) is 3.57. The smallest absolute Gasteiger partial charge is 0.252 e. The first-order valence-corrected chi connectivity index (χ1v) is 10.7. The van der Waals surface area contributed by atoms with Gasteiger partial charge in [-0.3, -0.25) is 4.79 Å². The summed E-state index contributed by atoms with van der Waals surface area (Å²) in [6.45, 7) is 4.79. The van der Waals surface area contributed by atoms with Gasteiger partial charge in [-0.15, -0.1) is 0 Å². The first-order chi connectivity index (χ1) is 15.1. The Bertz CT molecular complexity index is 1180. The van der Waals surface area contributed by atoms with E-state index in [-0.39, 0.29) is 5.91 Å². The van der Waals surface area contributed by atoms with Gasteiger partial charge in [-0.2, -0.15) is 0 Å². The zero-order chi connectivity index (χ0) is 21.6. The SMILES string of the molecule is CCc1ccc(Nc2cc(C(=O)NCCc3ccc(C)cc3)c3ccccc3n2)cc1. The van der Waals surface area contributed by atoms with Gasteiger partial charge >= 0.3 is 0 Å². The molecule has 1 amide bonds. The number of rotatable bonds is 7. The Hall–Kier alpha value is -3.66. The number of pyridine rings is 1. The molecule has 4 heteroatoms. The van der Waals surface area contributed by atoms with Crippen LogP contribution in [0.1, 0.15) is 34.0 Å². The van der Waals surface area contributed by atoms with Crippen molar-refractivity contribution in [1.82, 2.24) is 10.3 Å². The maximum Gasteiger partial charge on any atom is 0.252 e. The van der Waals surface area contributed by atoms with E-state index in [0.717, 1.165) is 29.4 Å². The largest absolute Gasteiger partial charge is 0.352 e. The lowest BCUT2D eigenvalue weighted by molar-refractivity contribution is 0.0955. The number of aryl methyl sites for hydroxylation is 2. The predicted molar refractivity (Wildman–Crippen MR) is 128 cm³/mol. The van der Waals surface area contributed by atoms with Crippen LogP contribution >= 0.6 is 0 Å². The second-order valence-electron chi connectivity index (χ2n) is 7.74. The standard InChI is InChI=1S/C27H27N3O/c1-3-20-12-14-22(15-13-20)29-26-18-24(23-6-4-5-7-25(23)30-26)27(31)28-17-16-21-10-8-19(2)9-11-21/h4-15,18H,3,16-17H2,1-2H3,(H,28,31)(H,29,30). The third kappa shape index (κ3) is 5.10. The number of anilines is 2. The van der Waals surface area contributed by atoms with Crippen molar-refractivity contribution in [3.8, 4) is 0 Å². The van der Waals surface area contributed by atoms with E-state index >= 15 is 0 Å². The first kappa shape index (κ1) is 20.6. The topological polar surface area (TPSA) is 54.0 Å². The van der Waals surface area contributed by atoms with Gasteiger partial charge in [-0.05, 0) is 55.2 Å². The molecule has 0 saturated heterocycles. The van der Waals surface area contributed by atoms with E-state index in [0.29, 0.717) is 17.9 Å². The number of nitrogens with zero attached hydrogens (tertiary/aromatic N) is 1. The van der Waals surface area contributed by atoms with Crippen LogP contribution in [0.3, 0.4) is 0 Å². The number of nitrogens with one attached hydrogen (secondary N) is 2. The molecule has 3 aromatic carbocycles. The van der Waals surface area contributed by atoms with Crippen LogP contribution in [0.4, 0.5) is 11.5 Å². The number of carbonyl (C=O) groups excluding carboxylic acids is 1. The molecular weight excluding hydrogens is 382 g/mol. The van der Waals surface area contributed by atoms with Crippen LogP contribution < -0.4 is 10.6 Å². The molecule has 4 nitrogen and oxygen atoms in total. The molecule has 4 rings (SSSR count). The number of para-hydroxylation sites is 1. The maximum absolute atomic E-state index is 13.0. The van der Waals surface area contributed by atoms with Gasteiger partial charge < -0.3 is 10.6 Å². The van der Waals surface area contributed by atoms with Crippen LogP contribution in [-0.2, 0) is 12.8 Å². The van der Waals surface area contributed by atoms with Gasteiger partial charge in [0.1, 0.15) is 5.82 Å². The average Bonchev–Trinajstić information content (AvgIpc) is 2.80. The van der Waals surface area contributed by atoms with Gasteiger partial charge in [-0.1, -0.05) is 67.1 Å². The highest BCUT2D eigenvalue weighted by Gasteiger charge is 2.13. The molecule has 0 radical (unpaired) electrons. The predicted octanol–water partition coefficient (Wildman–Crippen LogP) is 5.82. The number of hydrogen-bond acceptors (Lipinski definition) is 3. The molecule has 0 unspecified atom stereocenters. The van der Waals surface area contributed by atoms with E-state index in [1.165, 1.54) is 16.7 Å². The average molecular weight is 410 g/mol. The highest BCUT2D eigenvalue weighted by Crippen LogP contribution is 2.23. The zero-order valence-electron chi connectivity index (χ0n) is 18.0. The number of hydrogen-bond donors (Lipinski definition) is 2. The molecule has 0 aliphatic carbocycles. The molecule has 31 heavy (non-hydrogen) atoms. The molecule has 0 saturated carbocycles. The van der Waals surface area contributed by atoms with Gasteiger partial charge in [0.2, 0.25) is 0 Å².